The first-order valence-corrected chi connectivity index (χ1v) is 9.14. The molecule has 1 amide bonds. The van der Waals surface area contributed by atoms with Gasteiger partial charge in [0, 0.05) is 28.3 Å². The molecular formula is C21H17ClN4O2. The molecule has 0 aliphatic carbocycles. The zero-order valence-corrected chi connectivity index (χ0v) is 15.6. The summed E-state index contributed by atoms with van der Waals surface area (Å²) in [5.41, 5.74) is 4.50. The van der Waals surface area contributed by atoms with Gasteiger partial charge in [-0.25, -0.2) is 9.50 Å². The molecule has 0 radical (unpaired) electrons. The van der Waals surface area contributed by atoms with E-state index in [0.717, 1.165) is 22.5 Å². The summed E-state index contributed by atoms with van der Waals surface area (Å²) in [6.07, 6.45) is 1.76. The summed E-state index contributed by atoms with van der Waals surface area (Å²) >= 11 is 6.12. The molecule has 0 saturated carbocycles. The largest absolute Gasteiger partial charge is 0.395 e. The van der Waals surface area contributed by atoms with Crippen molar-refractivity contribution in [1.82, 2.24) is 19.9 Å². The highest BCUT2D eigenvalue weighted by atomic mass is 35.5. The first-order chi connectivity index (χ1) is 13.7. The van der Waals surface area contributed by atoms with E-state index in [4.69, 9.17) is 21.8 Å². The van der Waals surface area contributed by atoms with Crippen LogP contribution in [0.5, 0.6) is 0 Å². The molecular weight excluding hydrogens is 376 g/mol. The van der Waals surface area contributed by atoms with Crippen LogP contribution in [0, 0.1) is 0 Å². The summed E-state index contributed by atoms with van der Waals surface area (Å²) in [4.78, 5) is 16.6. The number of nitrogens with one attached hydrogen (secondary N) is 1. The van der Waals surface area contributed by atoms with E-state index in [2.05, 4.69) is 10.3 Å². The minimum absolute atomic E-state index is 0.101. The van der Waals surface area contributed by atoms with Crippen LogP contribution in [0.2, 0.25) is 5.02 Å². The first kappa shape index (κ1) is 18.2. The Morgan fingerprint density at radius 1 is 1.07 bits per heavy atom. The van der Waals surface area contributed by atoms with E-state index in [1.807, 2.05) is 42.5 Å². The lowest BCUT2D eigenvalue weighted by Crippen LogP contribution is -2.26. The Morgan fingerprint density at radius 2 is 1.89 bits per heavy atom. The third-order valence-corrected chi connectivity index (χ3v) is 4.54. The molecule has 2 aromatic heterocycles. The minimum atomic E-state index is -0.237. The number of imidazole rings is 1. The second-order valence-corrected chi connectivity index (χ2v) is 6.64. The summed E-state index contributed by atoms with van der Waals surface area (Å²) in [6.45, 7) is 0.113. The van der Waals surface area contributed by atoms with Crippen LogP contribution in [-0.4, -0.2) is 38.8 Å². The van der Waals surface area contributed by atoms with Crippen molar-refractivity contribution in [3.05, 3.63) is 77.4 Å². The Labute approximate surface area is 166 Å². The third-order valence-electron chi connectivity index (χ3n) is 4.30. The number of nitrogens with zero attached hydrogens (tertiary/aromatic N) is 3. The quantitative estimate of drug-likeness (QED) is 0.545. The average molecular weight is 393 g/mol. The number of carbonyl (C=O) groups excluding carboxylic acids is 1. The number of halogens is 1. The van der Waals surface area contributed by atoms with Gasteiger partial charge in [-0.2, -0.15) is 5.10 Å². The maximum atomic E-state index is 12.2. The van der Waals surface area contributed by atoms with Gasteiger partial charge in [-0.1, -0.05) is 35.9 Å². The molecule has 0 aliphatic rings. The fourth-order valence-electron chi connectivity index (χ4n) is 2.96. The summed E-state index contributed by atoms with van der Waals surface area (Å²) in [5, 5.41) is 16.9. The van der Waals surface area contributed by atoms with E-state index >= 15 is 0 Å². The molecule has 0 bridgehead atoms. The molecule has 0 saturated heterocycles. The molecule has 4 rings (SSSR count). The van der Waals surface area contributed by atoms with Gasteiger partial charge in [0.25, 0.3) is 5.91 Å². The molecule has 140 valence electrons. The fourth-order valence-corrected chi connectivity index (χ4v) is 3.15. The number of amides is 1. The second-order valence-electron chi connectivity index (χ2n) is 6.20. The zero-order chi connectivity index (χ0) is 19.5. The first-order valence-electron chi connectivity index (χ1n) is 8.76. The molecule has 0 spiro atoms. The average Bonchev–Trinajstić information content (AvgIpc) is 3.15. The molecule has 2 aromatic carbocycles. The topological polar surface area (TPSA) is 79.5 Å². The number of aliphatic hydroxyl groups is 1. The van der Waals surface area contributed by atoms with Crippen molar-refractivity contribution in [1.29, 1.82) is 0 Å². The molecule has 4 aromatic rings. The van der Waals surface area contributed by atoms with E-state index in [0.29, 0.717) is 16.3 Å². The van der Waals surface area contributed by atoms with Gasteiger partial charge in [-0.3, -0.25) is 4.79 Å². The smallest absolute Gasteiger partial charge is 0.251 e. The van der Waals surface area contributed by atoms with Crippen molar-refractivity contribution >= 4 is 23.2 Å². The van der Waals surface area contributed by atoms with Crippen molar-refractivity contribution in [2.75, 3.05) is 13.2 Å². The van der Waals surface area contributed by atoms with Crippen LogP contribution in [0.3, 0.4) is 0 Å². The van der Waals surface area contributed by atoms with E-state index in [-0.39, 0.29) is 19.1 Å². The summed E-state index contributed by atoms with van der Waals surface area (Å²) in [6, 6.07) is 18.5. The number of hydrogen-bond acceptors (Lipinski definition) is 4. The number of hydrogen-bond donors (Lipinski definition) is 2. The van der Waals surface area contributed by atoms with Crippen molar-refractivity contribution < 1.29 is 9.90 Å². The number of benzene rings is 2. The second kappa shape index (κ2) is 7.80. The number of fused-ring (bicyclic) bond motifs is 1. The Morgan fingerprint density at radius 3 is 2.71 bits per heavy atom. The monoisotopic (exact) mass is 392 g/mol. The highest BCUT2D eigenvalue weighted by molar-refractivity contribution is 6.30. The van der Waals surface area contributed by atoms with Crippen LogP contribution in [0.1, 0.15) is 10.4 Å². The highest BCUT2D eigenvalue weighted by Crippen LogP contribution is 2.25. The van der Waals surface area contributed by atoms with Crippen LogP contribution >= 0.6 is 11.6 Å². The van der Waals surface area contributed by atoms with Crippen molar-refractivity contribution in [3.8, 4) is 22.5 Å². The van der Waals surface area contributed by atoms with Crippen LogP contribution in [0.4, 0.5) is 0 Å². The maximum absolute atomic E-state index is 12.2. The van der Waals surface area contributed by atoms with Gasteiger partial charge < -0.3 is 10.4 Å². The van der Waals surface area contributed by atoms with Gasteiger partial charge in [0.1, 0.15) is 0 Å². The van der Waals surface area contributed by atoms with Crippen LogP contribution in [0.25, 0.3) is 28.2 Å². The Kier molecular flexibility index (Phi) is 5.06. The van der Waals surface area contributed by atoms with Gasteiger partial charge in [0.15, 0.2) is 5.65 Å². The molecule has 7 heteroatoms. The minimum Gasteiger partial charge on any atom is -0.395 e. The Bertz CT molecular complexity index is 1160. The predicted molar refractivity (Wildman–Crippen MR) is 108 cm³/mol. The standard InChI is InChI=1S/C21H17ClN4O2/c22-17-6-2-4-15(12-17)19-13-24-20-8-7-18(25-26(19)20)14-3-1-5-16(11-14)21(28)23-9-10-27/h1-8,11-13,27H,9-10H2,(H,23,28). The van der Waals surface area contributed by atoms with Crippen LogP contribution in [0.15, 0.2) is 66.9 Å². The number of aromatic nitrogens is 3. The van der Waals surface area contributed by atoms with Crippen LogP contribution < -0.4 is 5.32 Å². The highest BCUT2D eigenvalue weighted by Gasteiger charge is 2.11. The molecule has 0 aliphatic heterocycles. The molecule has 0 atom stereocenters. The van der Waals surface area contributed by atoms with E-state index in [9.17, 15) is 4.79 Å². The number of carbonyl (C=O) groups is 1. The lowest BCUT2D eigenvalue weighted by Gasteiger charge is -2.07. The van der Waals surface area contributed by atoms with Gasteiger partial charge in [0.05, 0.1) is 24.2 Å². The molecule has 0 unspecified atom stereocenters. The van der Waals surface area contributed by atoms with Crippen LogP contribution in [-0.2, 0) is 0 Å². The molecule has 0 fully saturated rings. The molecule has 2 heterocycles. The summed E-state index contributed by atoms with van der Waals surface area (Å²) in [7, 11) is 0. The van der Waals surface area contributed by atoms with Gasteiger partial charge in [0.2, 0.25) is 0 Å². The van der Waals surface area contributed by atoms with Crippen molar-refractivity contribution in [2.45, 2.75) is 0 Å². The number of rotatable bonds is 5. The number of aliphatic hydroxyl groups excluding tert-OH is 1. The SMILES string of the molecule is O=C(NCCO)c1cccc(-c2ccc3ncc(-c4cccc(Cl)c4)n3n2)c1. The van der Waals surface area contributed by atoms with Gasteiger partial charge in [-0.15, -0.1) is 0 Å². The van der Waals surface area contributed by atoms with E-state index in [1.54, 1.807) is 28.9 Å². The van der Waals surface area contributed by atoms with E-state index in [1.165, 1.54) is 0 Å². The fraction of sp³-hybridized carbons (Fsp3) is 0.0952. The zero-order valence-electron chi connectivity index (χ0n) is 14.8. The Hall–Kier alpha value is -3.22. The lowest BCUT2D eigenvalue weighted by molar-refractivity contribution is 0.0945. The third kappa shape index (κ3) is 3.60. The maximum Gasteiger partial charge on any atom is 0.251 e. The Balaban J connectivity index is 1.74. The van der Waals surface area contributed by atoms with E-state index < -0.39 is 0 Å². The lowest BCUT2D eigenvalue weighted by atomic mass is 10.1. The van der Waals surface area contributed by atoms with Gasteiger partial charge in [-0.05, 0) is 36.4 Å². The summed E-state index contributed by atoms with van der Waals surface area (Å²) in [5.74, 6) is -0.237. The molecule has 2 N–H and O–H groups in total. The molecule has 6 nitrogen and oxygen atoms in total. The summed E-state index contributed by atoms with van der Waals surface area (Å²) < 4.78 is 1.76. The van der Waals surface area contributed by atoms with Gasteiger partial charge >= 0.3 is 0 Å². The normalized spacial score (nSPS) is 10.9. The van der Waals surface area contributed by atoms with Crippen molar-refractivity contribution in [3.63, 3.8) is 0 Å². The van der Waals surface area contributed by atoms with Crippen molar-refractivity contribution in [2.24, 2.45) is 0 Å². The predicted octanol–water partition coefficient (Wildman–Crippen LogP) is 3.44. The molecule has 28 heavy (non-hydrogen) atoms.